The van der Waals surface area contributed by atoms with Crippen molar-refractivity contribution in [2.75, 3.05) is 18.4 Å². The number of thioether (sulfide) groups is 1. The molecule has 2 aromatic carbocycles. The minimum atomic E-state index is -0.786. The molecule has 29 heavy (non-hydrogen) atoms. The number of ether oxygens (including phenoxy) is 2. The summed E-state index contributed by atoms with van der Waals surface area (Å²) < 4.78 is 11.9. The van der Waals surface area contributed by atoms with Crippen LogP contribution < -0.4 is 20.3 Å². The first kappa shape index (κ1) is 19.1. The summed E-state index contributed by atoms with van der Waals surface area (Å²) in [7, 11) is 0. The Hall–Kier alpha value is -3.26. The largest absolute Gasteiger partial charge is 0.454 e. The van der Waals surface area contributed by atoms with Gasteiger partial charge in [-0.1, -0.05) is 12.1 Å². The molecule has 1 atom stereocenters. The highest BCUT2D eigenvalue weighted by molar-refractivity contribution is 7.98. The number of nitrogens with one attached hydrogen (secondary N) is 1. The number of fused-ring (bicyclic) bond motifs is 1. The predicted octanol–water partition coefficient (Wildman–Crippen LogP) is 3.56. The molecule has 0 spiro atoms. The Balaban J connectivity index is 1.61. The smallest absolute Gasteiger partial charge is 0.267 e. The van der Waals surface area contributed by atoms with Crippen molar-refractivity contribution in [1.29, 1.82) is 0 Å². The van der Waals surface area contributed by atoms with E-state index in [2.05, 4.69) is 10.4 Å². The number of rotatable bonds is 5. The number of anilines is 1. The summed E-state index contributed by atoms with van der Waals surface area (Å²) >= 11 is 1.54. The van der Waals surface area contributed by atoms with E-state index in [9.17, 15) is 9.59 Å². The molecule has 0 bridgehead atoms. The average molecular weight is 409 g/mol. The van der Waals surface area contributed by atoms with Crippen LogP contribution in [0.4, 0.5) is 5.69 Å². The molecule has 1 aliphatic rings. The highest BCUT2D eigenvalue weighted by atomic mass is 32.2. The van der Waals surface area contributed by atoms with Crippen molar-refractivity contribution in [3.8, 4) is 22.8 Å². The Morgan fingerprint density at radius 3 is 2.76 bits per heavy atom. The number of carbonyl (C=O) groups excluding carboxylic acids is 1. The number of carbonyl (C=O) groups is 1. The van der Waals surface area contributed by atoms with Crippen molar-refractivity contribution in [2.45, 2.75) is 17.9 Å². The molecule has 7 nitrogen and oxygen atoms in total. The second-order valence-corrected chi connectivity index (χ2v) is 7.28. The van der Waals surface area contributed by atoms with Gasteiger partial charge in [-0.15, -0.1) is 11.8 Å². The van der Waals surface area contributed by atoms with Crippen LogP contribution in [-0.4, -0.2) is 28.7 Å². The number of nitrogens with zero attached hydrogens (tertiary/aromatic N) is 2. The van der Waals surface area contributed by atoms with Crippen LogP contribution in [0.25, 0.3) is 11.3 Å². The molecule has 0 aliphatic carbocycles. The molecule has 1 aromatic heterocycles. The predicted molar refractivity (Wildman–Crippen MR) is 112 cm³/mol. The fourth-order valence-corrected chi connectivity index (χ4v) is 3.56. The minimum Gasteiger partial charge on any atom is -0.454 e. The molecule has 2 heterocycles. The van der Waals surface area contributed by atoms with Gasteiger partial charge in [-0.2, -0.15) is 5.10 Å². The van der Waals surface area contributed by atoms with Crippen LogP contribution in [0.3, 0.4) is 0 Å². The molecule has 1 aliphatic heterocycles. The maximum absolute atomic E-state index is 12.8. The number of hydrogen-bond donors (Lipinski definition) is 1. The topological polar surface area (TPSA) is 82.5 Å². The first-order valence-electron chi connectivity index (χ1n) is 9.00. The molecule has 4 rings (SSSR count). The van der Waals surface area contributed by atoms with E-state index in [0.29, 0.717) is 22.9 Å². The van der Waals surface area contributed by atoms with Gasteiger partial charge in [-0.3, -0.25) is 9.59 Å². The Morgan fingerprint density at radius 1 is 1.14 bits per heavy atom. The van der Waals surface area contributed by atoms with Gasteiger partial charge in [-0.05, 0) is 49.6 Å². The van der Waals surface area contributed by atoms with E-state index in [1.165, 1.54) is 22.5 Å². The Morgan fingerprint density at radius 2 is 1.93 bits per heavy atom. The number of para-hydroxylation sites is 1. The zero-order chi connectivity index (χ0) is 20.4. The zero-order valence-electron chi connectivity index (χ0n) is 15.9. The first-order chi connectivity index (χ1) is 14.1. The zero-order valence-corrected chi connectivity index (χ0v) is 16.7. The number of amides is 1. The lowest BCUT2D eigenvalue weighted by molar-refractivity contribution is -0.119. The van der Waals surface area contributed by atoms with E-state index in [1.54, 1.807) is 25.1 Å². The molecule has 3 aromatic rings. The van der Waals surface area contributed by atoms with Gasteiger partial charge in [0.25, 0.3) is 5.56 Å². The quantitative estimate of drug-likeness (QED) is 0.649. The second kappa shape index (κ2) is 8.00. The standard InChI is InChI=1S/C21H19N3O4S/c1-13(21(26)22-16-5-3-4-6-19(16)29-2)24-20(25)10-8-15(23-24)14-7-9-17-18(11-14)28-12-27-17/h3-11,13H,12H2,1-2H3,(H,22,26). The summed E-state index contributed by atoms with van der Waals surface area (Å²) in [4.78, 5) is 26.1. The summed E-state index contributed by atoms with van der Waals surface area (Å²) in [5.74, 6) is 0.979. The van der Waals surface area contributed by atoms with E-state index in [4.69, 9.17) is 9.47 Å². The third kappa shape index (κ3) is 3.84. The van der Waals surface area contributed by atoms with Gasteiger partial charge in [-0.25, -0.2) is 4.68 Å². The van der Waals surface area contributed by atoms with Gasteiger partial charge in [0.1, 0.15) is 6.04 Å². The highest BCUT2D eigenvalue weighted by Gasteiger charge is 2.20. The van der Waals surface area contributed by atoms with Gasteiger partial charge in [0, 0.05) is 16.5 Å². The summed E-state index contributed by atoms with van der Waals surface area (Å²) in [6, 6.07) is 15.2. The molecule has 8 heteroatoms. The SMILES string of the molecule is CSc1ccccc1NC(=O)C(C)n1nc(-c2ccc3c(c2)OCO3)ccc1=O. The first-order valence-corrected chi connectivity index (χ1v) is 10.2. The molecule has 1 amide bonds. The van der Waals surface area contributed by atoms with Crippen LogP contribution in [0, 0.1) is 0 Å². The van der Waals surface area contributed by atoms with Gasteiger partial charge >= 0.3 is 0 Å². The van der Waals surface area contributed by atoms with E-state index < -0.39 is 6.04 Å². The Kier molecular flexibility index (Phi) is 5.26. The van der Waals surface area contributed by atoms with Crippen molar-refractivity contribution < 1.29 is 14.3 Å². The third-order valence-electron chi connectivity index (χ3n) is 4.60. The monoisotopic (exact) mass is 409 g/mol. The maximum atomic E-state index is 12.8. The molecular weight excluding hydrogens is 390 g/mol. The molecule has 1 N–H and O–H groups in total. The third-order valence-corrected chi connectivity index (χ3v) is 5.40. The van der Waals surface area contributed by atoms with Crippen LogP contribution in [0.1, 0.15) is 13.0 Å². The van der Waals surface area contributed by atoms with Gasteiger partial charge < -0.3 is 14.8 Å². The summed E-state index contributed by atoms with van der Waals surface area (Å²) in [6.45, 7) is 1.83. The Bertz CT molecular complexity index is 1130. The number of benzene rings is 2. The number of aromatic nitrogens is 2. The maximum Gasteiger partial charge on any atom is 0.267 e. The van der Waals surface area contributed by atoms with Crippen molar-refractivity contribution in [2.24, 2.45) is 0 Å². The summed E-state index contributed by atoms with van der Waals surface area (Å²) in [5.41, 5.74) is 1.68. The van der Waals surface area contributed by atoms with Crippen molar-refractivity contribution in [1.82, 2.24) is 9.78 Å². The molecular formula is C21H19N3O4S. The lowest BCUT2D eigenvalue weighted by Crippen LogP contribution is -2.33. The normalized spacial score (nSPS) is 13.2. The summed E-state index contributed by atoms with van der Waals surface area (Å²) in [6.07, 6.45) is 1.94. The Labute approximate surface area is 171 Å². The highest BCUT2D eigenvalue weighted by Crippen LogP contribution is 2.35. The van der Waals surface area contributed by atoms with E-state index in [0.717, 1.165) is 10.5 Å². The fourth-order valence-electron chi connectivity index (χ4n) is 3.01. The van der Waals surface area contributed by atoms with Crippen LogP contribution in [0.15, 0.2) is 64.3 Å². The van der Waals surface area contributed by atoms with E-state index in [1.807, 2.05) is 36.6 Å². The van der Waals surface area contributed by atoms with Gasteiger partial charge in [0.05, 0.1) is 11.4 Å². The van der Waals surface area contributed by atoms with E-state index >= 15 is 0 Å². The van der Waals surface area contributed by atoms with E-state index in [-0.39, 0.29) is 18.3 Å². The number of hydrogen-bond acceptors (Lipinski definition) is 6. The van der Waals surface area contributed by atoms with Crippen LogP contribution >= 0.6 is 11.8 Å². The molecule has 148 valence electrons. The second-order valence-electron chi connectivity index (χ2n) is 6.43. The molecule has 0 radical (unpaired) electrons. The molecule has 0 fully saturated rings. The lowest BCUT2D eigenvalue weighted by Gasteiger charge is -2.16. The average Bonchev–Trinajstić information content (AvgIpc) is 3.22. The van der Waals surface area contributed by atoms with Crippen molar-refractivity contribution in [3.63, 3.8) is 0 Å². The molecule has 1 unspecified atom stereocenters. The molecule has 0 saturated heterocycles. The van der Waals surface area contributed by atoms with Crippen LogP contribution in [-0.2, 0) is 4.79 Å². The van der Waals surface area contributed by atoms with Crippen LogP contribution in [0.2, 0.25) is 0 Å². The van der Waals surface area contributed by atoms with Crippen molar-refractivity contribution >= 4 is 23.4 Å². The molecule has 0 saturated carbocycles. The van der Waals surface area contributed by atoms with Crippen LogP contribution in [0.5, 0.6) is 11.5 Å². The summed E-state index contributed by atoms with van der Waals surface area (Å²) in [5, 5.41) is 7.30. The van der Waals surface area contributed by atoms with Crippen molar-refractivity contribution in [3.05, 3.63) is 65.0 Å². The van der Waals surface area contributed by atoms with Gasteiger partial charge in [0.15, 0.2) is 11.5 Å². The fraction of sp³-hybridized carbons (Fsp3) is 0.190. The minimum absolute atomic E-state index is 0.181. The lowest BCUT2D eigenvalue weighted by atomic mass is 10.1. The van der Waals surface area contributed by atoms with Gasteiger partial charge in [0.2, 0.25) is 12.7 Å².